The lowest BCUT2D eigenvalue weighted by Crippen LogP contribution is -2.22. The van der Waals surface area contributed by atoms with Gasteiger partial charge in [-0.15, -0.1) is 0 Å². The first-order valence-corrected chi connectivity index (χ1v) is 11.3. The summed E-state index contributed by atoms with van der Waals surface area (Å²) in [7, 11) is -1.03. The van der Waals surface area contributed by atoms with Gasteiger partial charge in [0, 0.05) is 19.6 Å². The summed E-state index contributed by atoms with van der Waals surface area (Å²) in [5, 5.41) is 5.08. The van der Waals surface area contributed by atoms with Gasteiger partial charge in [0.1, 0.15) is 13.1 Å². The van der Waals surface area contributed by atoms with Gasteiger partial charge in [0.15, 0.2) is 5.16 Å². The van der Waals surface area contributed by atoms with Crippen molar-refractivity contribution in [1.82, 2.24) is 14.8 Å². The molecule has 1 heterocycles. The Morgan fingerprint density at radius 2 is 1.95 bits per heavy atom. The fraction of sp³-hybridized carbons (Fsp3) is 0.429. The van der Waals surface area contributed by atoms with E-state index >= 15 is 0 Å². The molecule has 0 N–H and O–H groups in total. The molecule has 1 aromatic heterocycles. The normalized spacial score (nSPS) is 11.8. The third kappa shape index (κ3) is 5.11. The van der Waals surface area contributed by atoms with Crippen molar-refractivity contribution in [1.29, 1.82) is 0 Å². The quantitative estimate of drug-likeness (QED) is 0.577. The van der Waals surface area contributed by atoms with E-state index in [4.69, 9.17) is 4.74 Å². The average molecular weight is 307 g/mol. The summed E-state index contributed by atoms with van der Waals surface area (Å²) in [4.78, 5) is 5.44. The van der Waals surface area contributed by atoms with Crippen LogP contribution in [-0.2, 0) is 11.5 Å². The number of hydrogen-bond donors (Lipinski definition) is 0. The molecular formula is C14H21N3OSSi. The molecule has 0 amide bonds. The van der Waals surface area contributed by atoms with Crippen molar-refractivity contribution in [2.75, 3.05) is 6.61 Å². The van der Waals surface area contributed by atoms with E-state index in [0.717, 1.165) is 16.7 Å². The summed E-state index contributed by atoms with van der Waals surface area (Å²) >= 11 is 1.60. The van der Waals surface area contributed by atoms with Crippen molar-refractivity contribution in [3.63, 3.8) is 0 Å². The topological polar surface area (TPSA) is 39.9 Å². The molecule has 0 spiro atoms. The van der Waals surface area contributed by atoms with Crippen LogP contribution in [-0.4, -0.2) is 29.4 Å². The standard InChI is InChI=1S/C14H21N3OSSi/c1-20(2,3)10-9-18-12-17-14(15-11-16-17)19-13-7-5-4-6-8-13/h4-8,11H,9-10,12H2,1-3H3. The maximum absolute atomic E-state index is 5.71. The highest BCUT2D eigenvalue weighted by Gasteiger charge is 2.12. The second-order valence-electron chi connectivity index (χ2n) is 5.81. The number of rotatable bonds is 7. The summed E-state index contributed by atoms with van der Waals surface area (Å²) in [5.41, 5.74) is 0. The molecule has 0 fully saturated rings. The molecule has 0 aliphatic carbocycles. The Balaban J connectivity index is 1.86. The van der Waals surface area contributed by atoms with E-state index in [2.05, 4.69) is 41.9 Å². The van der Waals surface area contributed by atoms with E-state index in [9.17, 15) is 0 Å². The van der Waals surface area contributed by atoms with Gasteiger partial charge < -0.3 is 4.74 Å². The Bertz CT molecular complexity index is 525. The van der Waals surface area contributed by atoms with Crippen LogP contribution in [0.3, 0.4) is 0 Å². The highest BCUT2D eigenvalue weighted by molar-refractivity contribution is 7.99. The molecule has 108 valence electrons. The van der Waals surface area contributed by atoms with Crippen LogP contribution in [0.5, 0.6) is 0 Å². The average Bonchev–Trinajstić information content (AvgIpc) is 2.82. The van der Waals surface area contributed by atoms with Gasteiger partial charge in [-0.1, -0.05) is 49.6 Å². The fourth-order valence-electron chi connectivity index (χ4n) is 1.54. The number of hydrogen-bond acceptors (Lipinski definition) is 4. The lowest BCUT2D eigenvalue weighted by atomic mass is 10.4. The monoisotopic (exact) mass is 307 g/mol. The zero-order valence-electron chi connectivity index (χ0n) is 12.2. The van der Waals surface area contributed by atoms with Crippen molar-refractivity contribution in [2.45, 2.75) is 42.5 Å². The molecule has 4 nitrogen and oxygen atoms in total. The Morgan fingerprint density at radius 1 is 1.20 bits per heavy atom. The number of ether oxygens (including phenoxy) is 1. The first-order chi connectivity index (χ1) is 9.54. The molecule has 2 aromatic rings. The van der Waals surface area contributed by atoms with Crippen LogP contribution in [0.15, 0.2) is 46.7 Å². The highest BCUT2D eigenvalue weighted by atomic mass is 32.2. The molecule has 2 rings (SSSR count). The zero-order valence-corrected chi connectivity index (χ0v) is 14.1. The molecule has 0 aliphatic rings. The van der Waals surface area contributed by atoms with Crippen LogP contribution in [0, 0.1) is 0 Å². The Hall–Kier alpha value is -1.11. The third-order valence-electron chi connectivity index (χ3n) is 2.74. The largest absolute Gasteiger partial charge is 0.359 e. The molecule has 0 atom stereocenters. The maximum Gasteiger partial charge on any atom is 0.193 e. The van der Waals surface area contributed by atoms with Gasteiger partial charge in [0.05, 0.1) is 0 Å². The predicted octanol–water partition coefficient (Wildman–Crippen LogP) is 3.74. The first kappa shape index (κ1) is 15.3. The number of benzene rings is 1. The minimum absolute atomic E-state index is 0.472. The highest BCUT2D eigenvalue weighted by Crippen LogP contribution is 2.24. The van der Waals surface area contributed by atoms with E-state index in [1.807, 2.05) is 22.9 Å². The van der Waals surface area contributed by atoms with Crippen molar-refractivity contribution in [3.8, 4) is 0 Å². The van der Waals surface area contributed by atoms with Gasteiger partial charge in [-0.3, -0.25) is 0 Å². The molecule has 0 radical (unpaired) electrons. The van der Waals surface area contributed by atoms with Crippen LogP contribution >= 0.6 is 11.8 Å². The van der Waals surface area contributed by atoms with E-state index in [1.54, 1.807) is 18.1 Å². The van der Waals surface area contributed by atoms with Crippen LogP contribution in [0.2, 0.25) is 25.7 Å². The smallest absolute Gasteiger partial charge is 0.193 e. The van der Waals surface area contributed by atoms with Crippen LogP contribution in [0.25, 0.3) is 0 Å². The van der Waals surface area contributed by atoms with Crippen LogP contribution < -0.4 is 0 Å². The zero-order chi connectivity index (χ0) is 14.4. The van der Waals surface area contributed by atoms with E-state index < -0.39 is 8.07 Å². The van der Waals surface area contributed by atoms with Crippen LogP contribution in [0.4, 0.5) is 0 Å². The second-order valence-corrected chi connectivity index (χ2v) is 12.5. The Kier molecular flexibility index (Phi) is 5.39. The summed E-state index contributed by atoms with van der Waals surface area (Å²) < 4.78 is 7.52. The van der Waals surface area contributed by atoms with Crippen molar-refractivity contribution >= 4 is 19.8 Å². The minimum Gasteiger partial charge on any atom is -0.359 e. The Labute approximate surface area is 125 Å². The second kappa shape index (κ2) is 7.06. The summed E-state index contributed by atoms with van der Waals surface area (Å²) in [6, 6.07) is 11.4. The fourth-order valence-corrected chi connectivity index (χ4v) is 3.11. The predicted molar refractivity (Wildman–Crippen MR) is 84.7 cm³/mol. The van der Waals surface area contributed by atoms with E-state index in [0.29, 0.717) is 6.73 Å². The maximum atomic E-state index is 5.71. The molecule has 0 bridgehead atoms. The number of nitrogens with zero attached hydrogens (tertiary/aromatic N) is 3. The minimum atomic E-state index is -1.03. The molecular weight excluding hydrogens is 286 g/mol. The van der Waals surface area contributed by atoms with Gasteiger partial charge >= 0.3 is 0 Å². The van der Waals surface area contributed by atoms with Crippen LogP contribution in [0.1, 0.15) is 0 Å². The van der Waals surface area contributed by atoms with Crippen molar-refractivity contribution in [2.24, 2.45) is 0 Å². The molecule has 0 unspecified atom stereocenters. The molecule has 20 heavy (non-hydrogen) atoms. The number of aromatic nitrogens is 3. The summed E-state index contributed by atoms with van der Waals surface area (Å²) in [5.74, 6) is 0. The lowest BCUT2D eigenvalue weighted by Gasteiger charge is -2.15. The molecule has 0 saturated carbocycles. The van der Waals surface area contributed by atoms with Gasteiger partial charge in [-0.05, 0) is 18.2 Å². The van der Waals surface area contributed by atoms with Crippen molar-refractivity contribution < 1.29 is 4.74 Å². The Morgan fingerprint density at radius 3 is 2.65 bits per heavy atom. The van der Waals surface area contributed by atoms with Gasteiger partial charge in [0.2, 0.25) is 0 Å². The molecule has 0 saturated heterocycles. The van der Waals surface area contributed by atoms with E-state index in [-0.39, 0.29) is 0 Å². The molecule has 1 aromatic carbocycles. The first-order valence-electron chi connectivity index (χ1n) is 6.73. The van der Waals surface area contributed by atoms with Crippen molar-refractivity contribution in [3.05, 3.63) is 36.7 Å². The summed E-state index contributed by atoms with van der Waals surface area (Å²) in [6.07, 6.45) is 1.58. The third-order valence-corrected chi connectivity index (χ3v) is 5.45. The van der Waals surface area contributed by atoms with Gasteiger partial charge in [-0.25, -0.2) is 9.67 Å². The molecule has 0 aliphatic heterocycles. The van der Waals surface area contributed by atoms with Gasteiger partial charge in [0.25, 0.3) is 0 Å². The summed E-state index contributed by atoms with van der Waals surface area (Å²) in [6.45, 7) is 8.32. The molecule has 6 heteroatoms. The van der Waals surface area contributed by atoms with Gasteiger partial charge in [-0.2, -0.15) is 5.10 Å². The lowest BCUT2D eigenvalue weighted by molar-refractivity contribution is 0.0719. The van der Waals surface area contributed by atoms with E-state index in [1.165, 1.54) is 6.04 Å². The SMILES string of the molecule is C[Si](C)(C)CCOCn1ncnc1Sc1ccccc1.